The summed E-state index contributed by atoms with van der Waals surface area (Å²) in [5.74, 6) is 23.8. The number of phenolic OH excluding ortho intramolecular Hbond substituents is 1. The van der Waals surface area contributed by atoms with Crippen LogP contribution in [0.25, 0.3) is 0 Å². The number of terminal acetylenes is 1. The summed E-state index contributed by atoms with van der Waals surface area (Å²) in [6.45, 7) is 0. The molecule has 0 unspecified atom stereocenters. The maximum Gasteiger partial charge on any atom is 0.196 e. The second-order valence-electron chi connectivity index (χ2n) is 4.85. The van der Waals surface area contributed by atoms with Crippen molar-refractivity contribution in [2.75, 3.05) is 0 Å². The van der Waals surface area contributed by atoms with Crippen LogP contribution in [0.15, 0.2) is 48.5 Å². The highest BCUT2D eigenvalue weighted by Crippen LogP contribution is 2.25. The van der Waals surface area contributed by atoms with Gasteiger partial charge in [0.15, 0.2) is 5.78 Å². The van der Waals surface area contributed by atoms with Gasteiger partial charge in [-0.3, -0.25) is 4.79 Å². The molecule has 2 aromatic rings. The van der Waals surface area contributed by atoms with Crippen molar-refractivity contribution in [2.24, 2.45) is 0 Å². The van der Waals surface area contributed by atoms with Crippen LogP contribution in [0.5, 0.6) is 11.5 Å². The molecule has 0 aliphatic rings. The van der Waals surface area contributed by atoms with Gasteiger partial charge in [-0.25, -0.2) is 0 Å². The predicted molar refractivity (Wildman–Crippen MR) is 106 cm³/mol. The summed E-state index contributed by atoms with van der Waals surface area (Å²) in [6.07, 6.45) is 7.29. The number of carbonyl (C=O) groups excluding carboxylic acids is 1. The molecule has 0 spiro atoms. The van der Waals surface area contributed by atoms with Crippen LogP contribution in [0.4, 0.5) is 0 Å². The first-order chi connectivity index (χ1) is 13.7. The Morgan fingerprint density at radius 3 is 2.04 bits per heavy atom. The third-order valence-corrected chi connectivity index (χ3v) is 3.04. The predicted octanol–water partition coefficient (Wildman–Crippen LogP) is 2.61. The summed E-state index contributed by atoms with van der Waals surface area (Å²) >= 11 is 0. The number of aromatic hydroxyl groups is 1. The van der Waals surface area contributed by atoms with E-state index in [4.69, 9.17) is 11.2 Å². The van der Waals surface area contributed by atoms with E-state index in [0.29, 0.717) is 5.56 Å². The second kappa shape index (κ2) is 10.8. The number of phenols is 1. The first kappa shape index (κ1) is 19.4. The maximum absolute atomic E-state index is 12.4. The van der Waals surface area contributed by atoms with Crippen molar-refractivity contribution >= 4 is 5.78 Å². The molecule has 0 atom stereocenters. The number of hydrogen-bond donors (Lipinski definition) is 1. The van der Waals surface area contributed by atoms with Gasteiger partial charge in [-0.15, -0.1) is 6.42 Å². The minimum absolute atomic E-state index is 0.176. The lowest BCUT2D eigenvalue weighted by molar-refractivity contribution is 0.103. The highest BCUT2D eigenvalue weighted by Gasteiger charge is 2.13. The van der Waals surface area contributed by atoms with E-state index < -0.39 is 0 Å². The fourth-order valence-electron chi connectivity index (χ4n) is 1.88. The molecule has 0 aliphatic heterocycles. The van der Waals surface area contributed by atoms with E-state index in [-0.39, 0.29) is 22.8 Å². The molecule has 0 saturated heterocycles. The van der Waals surface area contributed by atoms with Crippen LogP contribution in [0.3, 0.4) is 0 Å². The van der Waals surface area contributed by atoms with E-state index in [2.05, 4.69) is 65.3 Å². The van der Waals surface area contributed by atoms with Crippen LogP contribution in [-0.2, 0) is 0 Å². The Morgan fingerprint density at radius 1 is 0.821 bits per heavy atom. The van der Waals surface area contributed by atoms with Gasteiger partial charge in [-0.05, 0) is 41.7 Å². The lowest BCUT2D eigenvalue weighted by Gasteiger charge is -2.05. The third-order valence-electron chi connectivity index (χ3n) is 3.04. The summed E-state index contributed by atoms with van der Waals surface area (Å²) in [4.78, 5) is 12.4. The Balaban J connectivity index is 1.98. The Morgan fingerprint density at radius 2 is 1.43 bits per heavy atom. The van der Waals surface area contributed by atoms with Crippen molar-refractivity contribution in [1.82, 2.24) is 0 Å². The second-order valence-corrected chi connectivity index (χ2v) is 4.85. The average Bonchev–Trinajstić information content (AvgIpc) is 2.72. The number of hydrogen-bond acceptors (Lipinski definition) is 3. The van der Waals surface area contributed by atoms with Crippen molar-refractivity contribution < 1.29 is 14.6 Å². The Hall–Kier alpha value is -4.93. The highest BCUT2D eigenvalue weighted by molar-refractivity contribution is 6.10. The van der Waals surface area contributed by atoms with Crippen molar-refractivity contribution in [3.63, 3.8) is 0 Å². The van der Waals surface area contributed by atoms with E-state index in [1.807, 2.05) is 6.07 Å². The van der Waals surface area contributed by atoms with E-state index in [1.165, 1.54) is 18.2 Å². The number of ketones is 1. The first-order valence-corrected chi connectivity index (χ1v) is 7.77. The van der Waals surface area contributed by atoms with Crippen molar-refractivity contribution in [3.05, 3.63) is 59.7 Å². The Bertz CT molecular complexity index is 1240. The summed E-state index contributed by atoms with van der Waals surface area (Å²) in [5, 5.41) is 10.1. The van der Waals surface area contributed by atoms with Crippen LogP contribution in [0.1, 0.15) is 15.9 Å². The Labute approximate surface area is 163 Å². The molecule has 0 radical (unpaired) electrons. The third kappa shape index (κ3) is 6.18. The molecule has 0 aliphatic carbocycles. The minimum atomic E-state index is -0.284. The van der Waals surface area contributed by atoms with Gasteiger partial charge in [0.05, 0.1) is 5.56 Å². The minimum Gasteiger partial charge on any atom is -0.507 e. The van der Waals surface area contributed by atoms with Crippen LogP contribution < -0.4 is 4.74 Å². The maximum atomic E-state index is 12.4. The van der Waals surface area contributed by atoms with Gasteiger partial charge in [0.2, 0.25) is 0 Å². The molecule has 0 fully saturated rings. The Kier molecular flexibility index (Phi) is 7.51. The average molecular weight is 358 g/mol. The van der Waals surface area contributed by atoms with Gasteiger partial charge in [0, 0.05) is 41.2 Å². The molecule has 0 bridgehead atoms. The monoisotopic (exact) mass is 358 g/mol. The van der Waals surface area contributed by atoms with Crippen molar-refractivity contribution in [3.8, 4) is 83.2 Å². The van der Waals surface area contributed by atoms with Crippen LogP contribution in [-0.4, -0.2) is 10.9 Å². The molecule has 3 heteroatoms. The SMILES string of the molecule is C#CC#CC#CC#CC#CC#COc1ccc(C(=O)c2ccccc2)c(O)c1. The van der Waals surface area contributed by atoms with Crippen molar-refractivity contribution in [2.45, 2.75) is 0 Å². The quantitative estimate of drug-likeness (QED) is 0.678. The number of benzene rings is 2. The summed E-state index contributed by atoms with van der Waals surface area (Å²) < 4.78 is 5.15. The molecule has 2 aromatic carbocycles. The van der Waals surface area contributed by atoms with Gasteiger partial charge in [0.25, 0.3) is 0 Å². The van der Waals surface area contributed by atoms with E-state index in [0.717, 1.165) is 0 Å². The lowest BCUT2D eigenvalue weighted by atomic mass is 10.0. The van der Waals surface area contributed by atoms with E-state index in [1.54, 1.807) is 24.3 Å². The molecule has 0 aromatic heterocycles. The molecule has 2 rings (SSSR count). The zero-order valence-corrected chi connectivity index (χ0v) is 14.5. The van der Waals surface area contributed by atoms with Crippen LogP contribution in [0, 0.1) is 71.7 Å². The smallest absolute Gasteiger partial charge is 0.196 e. The van der Waals surface area contributed by atoms with Gasteiger partial charge in [-0.1, -0.05) is 30.3 Å². The zero-order valence-electron chi connectivity index (χ0n) is 14.5. The first-order valence-electron chi connectivity index (χ1n) is 7.77. The molecule has 0 heterocycles. The number of rotatable bonds is 3. The molecular formula is C25H10O3. The fraction of sp³-hybridized carbons (Fsp3) is 0. The lowest BCUT2D eigenvalue weighted by Crippen LogP contribution is -2.01. The van der Waals surface area contributed by atoms with E-state index >= 15 is 0 Å². The van der Waals surface area contributed by atoms with Gasteiger partial charge >= 0.3 is 0 Å². The molecule has 3 nitrogen and oxygen atoms in total. The largest absolute Gasteiger partial charge is 0.507 e. The molecule has 128 valence electrons. The molecule has 28 heavy (non-hydrogen) atoms. The van der Waals surface area contributed by atoms with Gasteiger partial charge in [0.1, 0.15) is 17.6 Å². The number of carbonyl (C=O) groups is 1. The van der Waals surface area contributed by atoms with Crippen LogP contribution in [0.2, 0.25) is 0 Å². The molecule has 0 saturated carbocycles. The molecular weight excluding hydrogens is 348 g/mol. The van der Waals surface area contributed by atoms with Crippen LogP contribution >= 0.6 is 0 Å². The fourth-order valence-corrected chi connectivity index (χ4v) is 1.88. The highest BCUT2D eigenvalue weighted by atomic mass is 16.5. The topological polar surface area (TPSA) is 46.5 Å². The standard InChI is InChI=1S/C25H10O3/c1-2-3-4-5-6-7-8-9-10-14-19-28-22-17-18-23(24(26)20-22)25(27)21-15-12-11-13-16-21/h1,11-13,15-18,20,26H. The molecule has 0 amide bonds. The van der Waals surface area contributed by atoms with Gasteiger partial charge < -0.3 is 9.84 Å². The zero-order chi connectivity index (χ0) is 20.0. The summed E-state index contributed by atoms with van der Waals surface area (Å²) in [7, 11) is 0. The molecule has 1 N–H and O–H groups in total. The van der Waals surface area contributed by atoms with Crippen molar-refractivity contribution in [1.29, 1.82) is 0 Å². The summed E-state index contributed by atoms with van der Waals surface area (Å²) in [5.41, 5.74) is 0.657. The number of ether oxygens (including phenoxy) is 1. The van der Waals surface area contributed by atoms with E-state index in [9.17, 15) is 9.90 Å². The van der Waals surface area contributed by atoms with Gasteiger partial charge in [-0.2, -0.15) is 0 Å². The summed E-state index contributed by atoms with van der Waals surface area (Å²) in [6, 6.07) is 13.0. The normalized spacial score (nSPS) is 7.54.